The lowest BCUT2D eigenvalue weighted by atomic mass is 10.1. The molecular weight excluding hydrogens is 409 g/mol. The molecule has 1 aliphatic heterocycles. The van der Waals surface area contributed by atoms with E-state index in [1.54, 1.807) is 49.4 Å². The number of hydrogen-bond donors (Lipinski definition) is 1. The summed E-state index contributed by atoms with van der Waals surface area (Å²) in [6, 6.07) is 9.22. The Morgan fingerprint density at radius 2 is 1.94 bits per heavy atom. The summed E-state index contributed by atoms with van der Waals surface area (Å²) < 4.78 is 25.1. The van der Waals surface area contributed by atoms with Gasteiger partial charge in [-0.05, 0) is 36.8 Å². The van der Waals surface area contributed by atoms with Gasteiger partial charge in [-0.25, -0.2) is 4.39 Å². The lowest BCUT2D eigenvalue weighted by molar-refractivity contribution is -0.493. The highest BCUT2D eigenvalue weighted by molar-refractivity contribution is 6.21. The summed E-state index contributed by atoms with van der Waals surface area (Å²) in [4.78, 5) is 36.7. The lowest BCUT2D eigenvalue weighted by Gasteiger charge is -2.14. The SMILES string of the molecule is CCOc1cc(/C=C/C2=NC(=O)C([N+](=O)[O-])C(=O)N2)ccc1OCc1ccccc1F. The summed E-state index contributed by atoms with van der Waals surface area (Å²) >= 11 is 0. The Hall–Kier alpha value is -4.08. The van der Waals surface area contributed by atoms with Gasteiger partial charge < -0.3 is 14.8 Å². The van der Waals surface area contributed by atoms with E-state index in [1.807, 2.05) is 0 Å². The van der Waals surface area contributed by atoms with E-state index < -0.39 is 22.8 Å². The number of carbonyl (C=O) groups is 2. The van der Waals surface area contributed by atoms with Gasteiger partial charge in [0, 0.05) is 10.5 Å². The van der Waals surface area contributed by atoms with E-state index in [-0.39, 0.29) is 18.3 Å². The third-order valence-electron chi connectivity index (χ3n) is 4.22. The van der Waals surface area contributed by atoms with Crippen molar-refractivity contribution in [1.29, 1.82) is 0 Å². The van der Waals surface area contributed by atoms with Gasteiger partial charge in [-0.1, -0.05) is 30.3 Å². The molecule has 2 aromatic rings. The number of ether oxygens (including phenoxy) is 2. The predicted octanol–water partition coefficient (Wildman–Crippen LogP) is 2.52. The third kappa shape index (κ3) is 5.30. The summed E-state index contributed by atoms with van der Waals surface area (Å²) in [7, 11) is 0. The van der Waals surface area contributed by atoms with E-state index in [9.17, 15) is 24.1 Å². The topological polar surface area (TPSA) is 120 Å². The van der Waals surface area contributed by atoms with Crippen molar-refractivity contribution < 1.29 is 28.4 Å². The molecule has 0 aromatic heterocycles. The highest BCUT2D eigenvalue weighted by Gasteiger charge is 2.41. The van der Waals surface area contributed by atoms with Crippen LogP contribution >= 0.6 is 0 Å². The standard InChI is InChI=1S/C21H18FN3O6/c1-2-30-17-11-13(7-9-16(17)31-12-14-5-3-4-6-15(14)22)8-10-18-23-20(26)19(25(28)29)21(27)24-18/h3-11,19H,2,12H2,1H3,(H,23,24,26,27)/b10-8+. The van der Waals surface area contributed by atoms with Crippen LogP contribution in [-0.2, 0) is 16.2 Å². The van der Waals surface area contributed by atoms with Crippen LogP contribution in [0.3, 0.4) is 0 Å². The van der Waals surface area contributed by atoms with Gasteiger partial charge in [0.25, 0.3) is 0 Å². The minimum atomic E-state index is -2.03. The molecule has 9 nitrogen and oxygen atoms in total. The number of halogens is 1. The molecule has 0 bridgehead atoms. The zero-order chi connectivity index (χ0) is 22.4. The molecule has 0 fully saturated rings. The number of nitrogens with one attached hydrogen (secondary N) is 1. The summed E-state index contributed by atoms with van der Waals surface area (Å²) in [5, 5.41) is 13.0. The van der Waals surface area contributed by atoms with E-state index >= 15 is 0 Å². The van der Waals surface area contributed by atoms with Crippen molar-refractivity contribution in [3.05, 3.63) is 75.6 Å². The van der Waals surface area contributed by atoms with Gasteiger partial charge in [-0.2, -0.15) is 4.99 Å². The van der Waals surface area contributed by atoms with Gasteiger partial charge in [-0.15, -0.1) is 0 Å². The maximum atomic E-state index is 13.8. The smallest absolute Gasteiger partial charge is 0.368 e. The van der Waals surface area contributed by atoms with Crippen LogP contribution in [-0.4, -0.2) is 35.2 Å². The molecule has 10 heteroatoms. The van der Waals surface area contributed by atoms with E-state index in [4.69, 9.17) is 9.47 Å². The second-order valence-electron chi connectivity index (χ2n) is 6.37. The van der Waals surface area contributed by atoms with Crippen LogP contribution in [0.5, 0.6) is 11.5 Å². The van der Waals surface area contributed by atoms with E-state index in [2.05, 4.69) is 10.3 Å². The molecule has 1 aliphatic rings. The van der Waals surface area contributed by atoms with Gasteiger partial charge in [0.15, 0.2) is 11.5 Å². The van der Waals surface area contributed by atoms with Crippen LogP contribution in [0.4, 0.5) is 4.39 Å². The number of amidine groups is 1. The molecule has 0 radical (unpaired) electrons. The van der Waals surface area contributed by atoms with Gasteiger partial charge in [0.05, 0.1) is 6.61 Å². The highest BCUT2D eigenvalue weighted by atomic mass is 19.1. The average molecular weight is 427 g/mol. The zero-order valence-electron chi connectivity index (χ0n) is 16.4. The second kappa shape index (κ2) is 9.61. The normalized spacial score (nSPS) is 16.1. The molecule has 1 N–H and O–H groups in total. The van der Waals surface area contributed by atoms with Crippen molar-refractivity contribution >= 4 is 23.7 Å². The molecule has 2 aromatic carbocycles. The predicted molar refractivity (Wildman–Crippen MR) is 109 cm³/mol. The quantitative estimate of drug-likeness (QED) is 0.393. The van der Waals surface area contributed by atoms with Gasteiger partial charge in [0.1, 0.15) is 18.3 Å². The first-order valence-corrected chi connectivity index (χ1v) is 9.27. The highest BCUT2D eigenvalue weighted by Crippen LogP contribution is 2.30. The van der Waals surface area contributed by atoms with Crippen molar-refractivity contribution in [2.45, 2.75) is 19.6 Å². The van der Waals surface area contributed by atoms with Crippen LogP contribution in [0.2, 0.25) is 0 Å². The van der Waals surface area contributed by atoms with Crippen LogP contribution in [0, 0.1) is 15.9 Å². The van der Waals surface area contributed by atoms with Crippen LogP contribution < -0.4 is 14.8 Å². The maximum absolute atomic E-state index is 13.8. The Kier molecular flexibility index (Phi) is 6.71. The summed E-state index contributed by atoms with van der Waals surface area (Å²) in [5.41, 5.74) is 1.03. The molecule has 1 heterocycles. The number of nitrogens with zero attached hydrogens (tertiary/aromatic N) is 2. The number of hydrogen-bond acceptors (Lipinski definition) is 6. The van der Waals surface area contributed by atoms with Crippen molar-refractivity contribution in [1.82, 2.24) is 5.32 Å². The Morgan fingerprint density at radius 1 is 1.16 bits per heavy atom. The van der Waals surface area contributed by atoms with Crippen LogP contribution in [0.15, 0.2) is 53.5 Å². The van der Waals surface area contributed by atoms with Crippen molar-refractivity contribution in [3.63, 3.8) is 0 Å². The summed E-state index contributed by atoms with van der Waals surface area (Å²) in [6.07, 6.45) is 2.89. The number of aliphatic imine (C=N–C) groups is 1. The van der Waals surface area contributed by atoms with Gasteiger partial charge >= 0.3 is 17.9 Å². The maximum Gasteiger partial charge on any atom is 0.368 e. The fraction of sp³-hybridized carbons (Fsp3) is 0.190. The fourth-order valence-corrected chi connectivity index (χ4v) is 2.74. The molecule has 0 saturated carbocycles. The van der Waals surface area contributed by atoms with Crippen molar-refractivity contribution in [2.75, 3.05) is 6.61 Å². The van der Waals surface area contributed by atoms with Gasteiger partial charge in [-0.3, -0.25) is 19.7 Å². The number of amides is 2. The number of carbonyl (C=O) groups excluding carboxylic acids is 2. The Balaban J connectivity index is 1.75. The van der Waals surface area contributed by atoms with Crippen LogP contribution in [0.1, 0.15) is 18.1 Å². The molecule has 1 unspecified atom stereocenters. The zero-order valence-corrected chi connectivity index (χ0v) is 16.4. The lowest BCUT2D eigenvalue weighted by Crippen LogP contribution is -2.50. The molecule has 1 atom stereocenters. The Morgan fingerprint density at radius 3 is 2.61 bits per heavy atom. The van der Waals surface area contributed by atoms with Crippen molar-refractivity contribution in [2.24, 2.45) is 4.99 Å². The Labute approximate surface area is 176 Å². The van der Waals surface area contributed by atoms with Gasteiger partial charge in [0.2, 0.25) is 0 Å². The molecule has 2 amide bonds. The third-order valence-corrected chi connectivity index (χ3v) is 4.22. The molecular formula is C21H18FN3O6. The minimum absolute atomic E-state index is 0.0183. The van der Waals surface area contributed by atoms with Crippen molar-refractivity contribution in [3.8, 4) is 11.5 Å². The monoisotopic (exact) mass is 427 g/mol. The number of benzene rings is 2. The summed E-state index contributed by atoms with van der Waals surface area (Å²) in [5.74, 6) is -1.83. The van der Waals surface area contributed by atoms with E-state index in [0.29, 0.717) is 29.2 Å². The molecule has 160 valence electrons. The molecule has 3 rings (SSSR count). The number of nitro groups is 1. The summed E-state index contributed by atoms with van der Waals surface area (Å²) in [6.45, 7) is 2.18. The van der Waals surface area contributed by atoms with E-state index in [1.165, 1.54) is 12.1 Å². The first-order valence-electron chi connectivity index (χ1n) is 9.27. The molecule has 0 spiro atoms. The fourth-order valence-electron chi connectivity index (χ4n) is 2.74. The molecule has 0 saturated heterocycles. The Bertz CT molecular complexity index is 1080. The first kappa shape index (κ1) is 21.6. The molecule has 31 heavy (non-hydrogen) atoms. The second-order valence-corrected chi connectivity index (χ2v) is 6.37. The average Bonchev–Trinajstić information content (AvgIpc) is 2.72. The first-order chi connectivity index (χ1) is 14.9. The minimum Gasteiger partial charge on any atom is -0.490 e. The van der Waals surface area contributed by atoms with E-state index in [0.717, 1.165) is 0 Å². The molecule has 0 aliphatic carbocycles. The number of rotatable bonds is 8. The van der Waals surface area contributed by atoms with Crippen LogP contribution in [0.25, 0.3) is 6.08 Å². The largest absolute Gasteiger partial charge is 0.490 e.